The number of hydrogen-bond donors (Lipinski definition) is 2. The number of nitrogens with zero attached hydrogens (tertiary/aromatic N) is 1. The minimum absolute atomic E-state index is 0.297. The number of hydroxylamine groups is 1. The van der Waals surface area contributed by atoms with Gasteiger partial charge in [0.05, 0.1) is 11.9 Å². The van der Waals surface area contributed by atoms with Gasteiger partial charge in [-0.2, -0.15) is 0 Å². The largest absolute Gasteiger partial charge is 0.289 e. The summed E-state index contributed by atoms with van der Waals surface area (Å²) in [5.41, 5.74) is 3.50. The Morgan fingerprint density at radius 2 is 1.71 bits per heavy atom. The lowest BCUT2D eigenvalue weighted by Gasteiger charge is -2.30. The summed E-state index contributed by atoms with van der Waals surface area (Å²) in [6, 6.07) is 13.0. The fourth-order valence-electron chi connectivity index (χ4n) is 3.14. The number of anilines is 1. The summed E-state index contributed by atoms with van der Waals surface area (Å²) in [5.74, 6) is -0.528. The molecule has 0 fully saturated rings. The van der Waals surface area contributed by atoms with Crippen LogP contribution in [0.4, 0.5) is 5.69 Å². The average Bonchev–Trinajstić information content (AvgIpc) is 3.12. The molecular weight excluding hydrogens is 396 g/mol. The number of fused-ring (bicyclic) bond motifs is 1. The zero-order chi connectivity index (χ0) is 20.5. The second-order valence-corrected chi connectivity index (χ2v) is 9.71. The lowest BCUT2D eigenvalue weighted by atomic mass is 9.98. The van der Waals surface area contributed by atoms with E-state index in [0.717, 1.165) is 26.2 Å². The third-order valence-corrected chi connectivity index (χ3v) is 6.59. The van der Waals surface area contributed by atoms with E-state index in [9.17, 15) is 18.4 Å². The van der Waals surface area contributed by atoms with Crippen molar-refractivity contribution in [2.75, 3.05) is 10.6 Å². The Hall–Kier alpha value is -2.42. The highest BCUT2D eigenvalue weighted by molar-refractivity contribution is 7.92. The van der Waals surface area contributed by atoms with Gasteiger partial charge in [0.1, 0.15) is 0 Å². The van der Waals surface area contributed by atoms with Gasteiger partial charge in [0.2, 0.25) is 10.0 Å². The van der Waals surface area contributed by atoms with Crippen LogP contribution in [0.15, 0.2) is 53.9 Å². The first-order chi connectivity index (χ1) is 13.2. The fourth-order valence-corrected chi connectivity index (χ4v) is 5.01. The predicted molar refractivity (Wildman–Crippen MR) is 112 cm³/mol. The molecule has 3 rings (SSSR count). The molecule has 2 N–H and O–H groups in total. The first kappa shape index (κ1) is 20.3. The Balaban J connectivity index is 2.16. The summed E-state index contributed by atoms with van der Waals surface area (Å²) >= 11 is 1.55. The van der Waals surface area contributed by atoms with Gasteiger partial charge in [-0.25, -0.2) is 13.9 Å². The van der Waals surface area contributed by atoms with Gasteiger partial charge in [-0.05, 0) is 52.1 Å². The van der Waals surface area contributed by atoms with Gasteiger partial charge in [0.25, 0.3) is 5.91 Å². The molecule has 6 nitrogen and oxygen atoms in total. The fraction of sp³-hybridized carbons (Fsp3) is 0.250. The van der Waals surface area contributed by atoms with E-state index in [2.05, 4.69) is 0 Å². The van der Waals surface area contributed by atoms with Crippen molar-refractivity contribution in [3.8, 4) is 0 Å². The van der Waals surface area contributed by atoms with Crippen LogP contribution in [0.25, 0.3) is 10.1 Å². The van der Waals surface area contributed by atoms with E-state index in [1.165, 1.54) is 0 Å². The summed E-state index contributed by atoms with van der Waals surface area (Å²) in [7, 11) is -3.83. The number of hydrogen-bond acceptors (Lipinski definition) is 5. The average molecular weight is 419 g/mol. The van der Waals surface area contributed by atoms with E-state index >= 15 is 0 Å². The van der Waals surface area contributed by atoms with Gasteiger partial charge >= 0.3 is 0 Å². The molecule has 0 unspecified atom stereocenters. The van der Waals surface area contributed by atoms with E-state index in [0.29, 0.717) is 17.2 Å². The second-order valence-electron chi connectivity index (χ2n) is 6.90. The molecule has 1 atom stereocenters. The van der Waals surface area contributed by atoms with E-state index in [1.54, 1.807) is 41.1 Å². The Morgan fingerprint density at radius 1 is 1.07 bits per heavy atom. The minimum Gasteiger partial charge on any atom is -0.289 e. The maximum Gasteiger partial charge on any atom is 0.271 e. The maximum atomic E-state index is 12.7. The van der Waals surface area contributed by atoms with Crippen LogP contribution in [-0.4, -0.2) is 25.8 Å². The smallest absolute Gasteiger partial charge is 0.271 e. The SMILES string of the molecule is CC(C)c1ccc([C@H](C(=O)NO)N(c2ccc3sccc3c2)S(C)(=O)=O)cc1. The number of amides is 1. The molecule has 0 spiro atoms. The van der Waals surface area contributed by atoms with E-state index in [-0.39, 0.29) is 0 Å². The Kier molecular flexibility index (Phi) is 5.74. The Labute approximate surface area is 168 Å². The van der Waals surface area contributed by atoms with Crippen molar-refractivity contribution >= 4 is 43.0 Å². The zero-order valence-electron chi connectivity index (χ0n) is 15.8. The summed E-state index contributed by atoms with van der Waals surface area (Å²) < 4.78 is 27.4. The highest BCUT2D eigenvalue weighted by atomic mass is 32.2. The predicted octanol–water partition coefficient (Wildman–Crippen LogP) is 4.04. The lowest BCUT2D eigenvalue weighted by molar-refractivity contribution is -0.130. The molecule has 0 aliphatic heterocycles. The number of carbonyl (C=O) groups excluding carboxylic acids is 1. The number of sulfonamides is 1. The van der Waals surface area contributed by atoms with Gasteiger partial charge in [0.15, 0.2) is 6.04 Å². The van der Waals surface area contributed by atoms with Crippen LogP contribution >= 0.6 is 11.3 Å². The number of carbonyl (C=O) groups is 1. The molecular formula is C20H22N2O4S2. The molecule has 2 aromatic carbocycles. The van der Waals surface area contributed by atoms with Gasteiger partial charge in [0, 0.05) is 4.70 Å². The molecule has 0 saturated heterocycles. The van der Waals surface area contributed by atoms with Crippen molar-refractivity contribution in [3.05, 3.63) is 65.0 Å². The van der Waals surface area contributed by atoms with Crippen molar-refractivity contribution in [1.82, 2.24) is 5.48 Å². The van der Waals surface area contributed by atoms with Crippen molar-refractivity contribution in [2.45, 2.75) is 25.8 Å². The van der Waals surface area contributed by atoms with Crippen LogP contribution in [0, 0.1) is 0 Å². The standard InChI is InChI=1S/C20H22N2O4S2/c1-13(2)14-4-6-15(7-5-14)19(20(23)21-24)22(28(3,25)26)17-8-9-18-16(12-17)10-11-27-18/h4-13,19,24H,1-3H3,(H,21,23)/t19-/m1/s1. The van der Waals surface area contributed by atoms with Crippen LogP contribution in [0.5, 0.6) is 0 Å². The first-order valence-electron chi connectivity index (χ1n) is 8.73. The van der Waals surface area contributed by atoms with Gasteiger partial charge in [-0.3, -0.25) is 14.3 Å². The van der Waals surface area contributed by atoms with Crippen LogP contribution in [0.1, 0.15) is 36.9 Å². The van der Waals surface area contributed by atoms with E-state index in [1.807, 2.05) is 43.5 Å². The zero-order valence-corrected chi connectivity index (χ0v) is 17.4. The van der Waals surface area contributed by atoms with Crippen molar-refractivity contribution < 1.29 is 18.4 Å². The third kappa shape index (κ3) is 4.04. The maximum absolute atomic E-state index is 12.7. The molecule has 0 bridgehead atoms. The highest BCUT2D eigenvalue weighted by Gasteiger charge is 2.34. The van der Waals surface area contributed by atoms with Crippen LogP contribution < -0.4 is 9.79 Å². The molecule has 1 heterocycles. The Morgan fingerprint density at radius 3 is 2.29 bits per heavy atom. The van der Waals surface area contributed by atoms with Crippen LogP contribution in [0.3, 0.4) is 0 Å². The molecule has 0 aliphatic rings. The number of rotatable bonds is 6. The normalized spacial score (nSPS) is 12.9. The second kappa shape index (κ2) is 7.90. The quantitative estimate of drug-likeness (QED) is 0.467. The summed E-state index contributed by atoms with van der Waals surface area (Å²) in [6.45, 7) is 4.09. The lowest BCUT2D eigenvalue weighted by Crippen LogP contribution is -2.42. The summed E-state index contributed by atoms with van der Waals surface area (Å²) in [5, 5.41) is 12.1. The topological polar surface area (TPSA) is 86.7 Å². The van der Waals surface area contributed by atoms with Gasteiger partial charge in [-0.15, -0.1) is 11.3 Å². The first-order valence-corrected chi connectivity index (χ1v) is 11.5. The van der Waals surface area contributed by atoms with Gasteiger partial charge in [-0.1, -0.05) is 38.1 Å². The van der Waals surface area contributed by atoms with Crippen LogP contribution in [-0.2, 0) is 14.8 Å². The molecule has 8 heteroatoms. The summed E-state index contributed by atoms with van der Waals surface area (Å²) in [4.78, 5) is 12.5. The van der Waals surface area contributed by atoms with Gasteiger partial charge < -0.3 is 0 Å². The molecule has 3 aromatic rings. The third-order valence-electron chi connectivity index (χ3n) is 4.56. The molecule has 28 heavy (non-hydrogen) atoms. The Bertz CT molecular complexity index is 1090. The van der Waals surface area contributed by atoms with Crippen molar-refractivity contribution in [2.24, 2.45) is 0 Å². The molecule has 1 amide bonds. The molecule has 0 aliphatic carbocycles. The number of nitrogens with one attached hydrogen (secondary N) is 1. The monoisotopic (exact) mass is 418 g/mol. The van der Waals surface area contributed by atoms with Crippen molar-refractivity contribution in [3.63, 3.8) is 0 Å². The molecule has 148 valence electrons. The molecule has 0 radical (unpaired) electrons. The number of thiophene rings is 1. The van der Waals surface area contributed by atoms with E-state index in [4.69, 9.17) is 0 Å². The number of benzene rings is 2. The molecule has 1 aromatic heterocycles. The van der Waals surface area contributed by atoms with E-state index < -0.39 is 22.0 Å². The summed E-state index contributed by atoms with van der Waals surface area (Å²) in [6.07, 6.45) is 1.05. The van der Waals surface area contributed by atoms with Crippen LogP contribution in [0.2, 0.25) is 0 Å². The molecule has 0 saturated carbocycles. The highest BCUT2D eigenvalue weighted by Crippen LogP contribution is 2.34. The minimum atomic E-state index is -3.83. The van der Waals surface area contributed by atoms with Crippen molar-refractivity contribution in [1.29, 1.82) is 0 Å².